The van der Waals surface area contributed by atoms with Gasteiger partial charge in [-0.05, 0) is 42.7 Å². The third-order valence-corrected chi connectivity index (χ3v) is 4.48. The second-order valence-electron chi connectivity index (χ2n) is 4.38. The van der Waals surface area contributed by atoms with Crippen molar-refractivity contribution in [3.8, 4) is 5.75 Å². The maximum atomic E-state index is 13.7. The molecule has 0 aliphatic carbocycles. The highest BCUT2D eigenvalue weighted by Crippen LogP contribution is 2.35. The van der Waals surface area contributed by atoms with Crippen molar-refractivity contribution in [3.63, 3.8) is 0 Å². The summed E-state index contributed by atoms with van der Waals surface area (Å²) in [5.41, 5.74) is 1.78. The topological polar surface area (TPSA) is 9.23 Å². The van der Waals surface area contributed by atoms with Crippen LogP contribution >= 0.6 is 31.9 Å². The summed E-state index contributed by atoms with van der Waals surface area (Å²) in [6.45, 7) is 2.59. The molecule has 2 aromatic rings. The lowest BCUT2D eigenvalue weighted by atomic mass is 10.0. The van der Waals surface area contributed by atoms with E-state index >= 15 is 0 Å². The Hall–Kier alpha value is -0.870. The minimum Gasteiger partial charge on any atom is -0.494 e. The molecule has 0 aliphatic rings. The summed E-state index contributed by atoms with van der Waals surface area (Å²) in [6.07, 6.45) is 0.596. The van der Waals surface area contributed by atoms with Crippen molar-refractivity contribution in [1.82, 2.24) is 0 Å². The number of halogens is 3. The van der Waals surface area contributed by atoms with Gasteiger partial charge >= 0.3 is 0 Å². The lowest BCUT2D eigenvalue weighted by Crippen LogP contribution is -2.00. The van der Waals surface area contributed by atoms with Gasteiger partial charge in [0.05, 0.1) is 6.61 Å². The third-order valence-electron chi connectivity index (χ3n) is 2.98. The molecule has 0 aromatic heterocycles. The maximum absolute atomic E-state index is 13.7. The van der Waals surface area contributed by atoms with Crippen LogP contribution in [0, 0.1) is 5.82 Å². The van der Waals surface area contributed by atoms with Gasteiger partial charge in [0.2, 0.25) is 0 Å². The van der Waals surface area contributed by atoms with Crippen molar-refractivity contribution in [2.75, 3.05) is 6.61 Å². The second kappa shape index (κ2) is 7.23. The number of ether oxygens (including phenoxy) is 1. The van der Waals surface area contributed by atoms with Crippen molar-refractivity contribution in [3.05, 3.63) is 63.9 Å². The summed E-state index contributed by atoms with van der Waals surface area (Å²) < 4.78 is 20.1. The number of rotatable bonds is 5. The molecule has 0 bridgehead atoms. The molecule has 2 aromatic carbocycles. The van der Waals surface area contributed by atoms with E-state index in [4.69, 9.17) is 4.74 Å². The molecule has 1 nitrogen and oxygen atoms in total. The van der Waals surface area contributed by atoms with Crippen molar-refractivity contribution in [2.45, 2.75) is 18.2 Å². The summed E-state index contributed by atoms with van der Waals surface area (Å²) in [5, 5.41) is 0. The van der Waals surface area contributed by atoms with Crippen molar-refractivity contribution >= 4 is 31.9 Å². The molecule has 0 fully saturated rings. The zero-order valence-electron chi connectivity index (χ0n) is 11.1. The molecule has 0 radical (unpaired) electrons. The van der Waals surface area contributed by atoms with Crippen molar-refractivity contribution in [2.24, 2.45) is 0 Å². The van der Waals surface area contributed by atoms with Gasteiger partial charge in [-0.3, -0.25) is 0 Å². The Kier molecular flexibility index (Phi) is 5.61. The van der Waals surface area contributed by atoms with Gasteiger partial charge in [0.15, 0.2) is 0 Å². The molecular weight excluding hydrogens is 387 g/mol. The normalized spacial score (nSPS) is 12.2. The van der Waals surface area contributed by atoms with Gasteiger partial charge in [-0.2, -0.15) is 0 Å². The minimum absolute atomic E-state index is 0.0458. The number of hydrogen-bond acceptors (Lipinski definition) is 1. The minimum atomic E-state index is -0.168. The molecule has 20 heavy (non-hydrogen) atoms. The van der Waals surface area contributed by atoms with Gasteiger partial charge in [-0.15, -0.1) is 0 Å². The predicted octanol–water partition coefficient (Wildman–Crippen LogP) is 5.67. The van der Waals surface area contributed by atoms with Crippen LogP contribution < -0.4 is 4.74 Å². The fourth-order valence-corrected chi connectivity index (χ4v) is 3.67. The molecule has 0 saturated heterocycles. The Balaban J connectivity index is 2.17. The number of alkyl halides is 1. The molecular formula is C16H15Br2FO. The van der Waals surface area contributed by atoms with E-state index in [0.717, 1.165) is 15.8 Å². The van der Waals surface area contributed by atoms with E-state index in [-0.39, 0.29) is 10.6 Å². The van der Waals surface area contributed by atoms with Crippen LogP contribution in [0.2, 0.25) is 0 Å². The summed E-state index contributed by atoms with van der Waals surface area (Å²) in [6, 6.07) is 12.7. The first-order valence-corrected chi connectivity index (χ1v) is 8.12. The number of benzene rings is 2. The van der Waals surface area contributed by atoms with Gasteiger partial charge in [0.25, 0.3) is 0 Å². The quantitative estimate of drug-likeness (QED) is 0.587. The first kappa shape index (κ1) is 15.5. The average molecular weight is 402 g/mol. The second-order valence-corrected chi connectivity index (χ2v) is 6.34. The van der Waals surface area contributed by atoms with Crippen molar-refractivity contribution < 1.29 is 9.13 Å². The first-order chi connectivity index (χ1) is 9.61. The largest absolute Gasteiger partial charge is 0.494 e. The van der Waals surface area contributed by atoms with E-state index in [1.807, 2.05) is 37.3 Å². The third kappa shape index (κ3) is 3.83. The van der Waals surface area contributed by atoms with Gasteiger partial charge < -0.3 is 4.74 Å². The van der Waals surface area contributed by atoms with Gasteiger partial charge in [0.1, 0.15) is 11.6 Å². The fraction of sp³-hybridized carbons (Fsp3) is 0.250. The Bertz CT molecular complexity index is 586. The lowest BCUT2D eigenvalue weighted by Gasteiger charge is -2.14. The van der Waals surface area contributed by atoms with Gasteiger partial charge in [0, 0.05) is 9.30 Å². The fourth-order valence-electron chi connectivity index (χ4n) is 1.99. The molecule has 1 atom stereocenters. The summed E-state index contributed by atoms with van der Waals surface area (Å²) in [7, 11) is 0. The molecule has 2 rings (SSSR count). The van der Waals surface area contributed by atoms with Gasteiger partial charge in [-0.25, -0.2) is 4.39 Å². The number of hydrogen-bond donors (Lipinski definition) is 0. The molecule has 0 aliphatic heterocycles. The summed E-state index contributed by atoms with van der Waals surface area (Å²) in [5.74, 6) is 0.660. The monoisotopic (exact) mass is 400 g/mol. The van der Waals surface area contributed by atoms with Crippen LogP contribution in [-0.2, 0) is 6.42 Å². The Labute approximate surface area is 135 Å². The van der Waals surface area contributed by atoms with E-state index in [2.05, 4.69) is 31.9 Å². The standard InChI is InChI=1S/C16H15Br2FO/c1-2-20-12-7-8-13(15(18)10-12)14(17)9-11-5-3-4-6-16(11)19/h3-8,10,14H,2,9H2,1H3. The van der Waals surface area contributed by atoms with E-state index in [1.54, 1.807) is 6.07 Å². The highest BCUT2D eigenvalue weighted by Gasteiger charge is 2.14. The van der Waals surface area contributed by atoms with Crippen molar-refractivity contribution in [1.29, 1.82) is 0 Å². The maximum Gasteiger partial charge on any atom is 0.126 e. The van der Waals surface area contributed by atoms with E-state index in [0.29, 0.717) is 18.6 Å². The SMILES string of the molecule is CCOc1ccc(C(Br)Cc2ccccc2F)c(Br)c1. The summed E-state index contributed by atoms with van der Waals surface area (Å²) >= 11 is 7.18. The molecule has 106 valence electrons. The van der Waals surface area contributed by atoms with E-state index in [9.17, 15) is 4.39 Å². The van der Waals surface area contributed by atoms with Crippen LogP contribution in [0.4, 0.5) is 4.39 Å². The van der Waals surface area contributed by atoms with Crippen LogP contribution in [0.1, 0.15) is 22.9 Å². The van der Waals surface area contributed by atoms with Gasteiger partial charge in [-0.1, -0.05) is 56.1 Å². The van der Waals surface area contributed by atoms with Crippen LogP contribution in [0.25, 0.3) is 0 Å². The first-order valence-electron chi connectivity index (χ1n) is 6.41. The van der Waals surface area contributed by atoms with E-state index < -0.39 is 0 Å². The molecule has 4 heteroatoms. The molecule has 1 unspecified atom stereocenters. The zero-order chi connectivity index (χ0) is 14.5. The molecule has 0 saturated carbocycles. The lowest BCUT2D eigenvalue weighted by molar-refractivity contribution is 0.340. The predicted molar refractivity (Wildman–Crippen MR) is 87.1 cm³/mol. The highest BCUT2D eigenvalue weighted by molar-refractivity contribution is 9.11. The van der Waals surface area contributed by atoms with Crippen LogP contribution in [0.5, 0.6) is 5.75 Å². The highest BCUT2D eigenvalue weighted by atomic mass is 79.9. The van der Waals surface area contributed by atoms with E-state index in [1.165, 1.54) is 6.07 Å². The van der Waals surface area contributed by atoms with Crippen LogP contribution in [-0.4, -0.2) is 6.61 Å². The smallest absolute Gasteiger partial charge is 0.126 e. The molecule has 0 N–H and O–H groups in total. The molecule has 0 heterocycles. The summed E-state index contributed by atoms with van der Waals surface area (Å²) in [4.78, 5) is 0.0458. The molecule has 0 amide bonds. The average Bonchev–Trinajstić information content (AvgIpc) is 2.42. The Morgan fingerprint density at radius 1 is 1.20 bits per heavy atom. The molecule has 0 spiro atoms. The van der Waals surface area contributed by atoms with Crippen LogP contribution in [0.15, 0.2) is 46.9 Å². The van der Waals surface area contributed by atoms with Crippen LogP contribution in [0.3, 0.4) is 0 Å². The Morgan fingerprint density at radius 3 is 2.60 bits per heavy atom. The zero-order valence-corrected chi connectivity index (χ0v) is 14.2. The Morgan fingerprint density at radius 2 is 1.95 bits per heavy atom.